The summed E-state index contributed by atoms with van der Waals surface area (Å²) in [5.41, 5.74) is 4.50. The molecule has 0 aliphatic heterocycles. The van der Waals surface area contributed by atoms with Gasteiger partial charge in [-0.05, 0) is 60.7 Å². The molecule has 0 spiro atoms. The van der Waals surface area contributed by atoms with E-state index in [2.05, 4.69) is 103 Å². The van der Waals surface area contributed by atoms with Crippen LogP contribution in [-0.2, 0) is 0 Å². The summed E-state index contributed by atoms with van der Waals surface area (Å²) in [6.45, 7) is 33.9. The third kappa shape index (κ3) is 29.7. The summed E-state index contributed by atoms with van der Waals surface area (Å²) in [5.74, 6) is 0. The van der Waals surface area contributed by atoms with Gasteiger partial charge < -0.3 is 0 Å². The Morgan fingerprint density at radius 1 is 0.667 bits per heavy atom. The molecule has 0 nitrogen and oxygen atoms in total. The lowest BCUT2D eigenvalue weighted by Crippen LogP contribution is -2.21. The lowest BCUT2D eigenvalue weighted by molar-refractivity contribution is 0.210. The molecule has 188 valence electrons. The Balaban J connectivity index is -0.0000000847. The molecule has 0 aromatic heterocycles. The Labute approximate surface area is 197 Å². The molecule has 0 N–H and O–H groups in total. The molecule has 0 aliphatic rings. The molecular weight excluding hydrogens is 360 g/mol. The van der Waals surface area contributed by atoms with Gasteiger partial charge >= 0.3 is 0 Å². The normalized spacial score (nSPS) is 12.1. The number of hydrogen-bond acceptors (Lipinski definition) is 0. The number of rotatable bonds is 7. The van der Waals surface area contributed by atoms with E-state index in [1.54, 1.807) is 0 Å². The molecule has 0 rings (SSSR count). The minimum absolute atomic E-state index is 0. The molecular formula is C30H68. The van der Waals surface area contributed by atoms with Crippen molar-refractivity contribution >= 4 is 0 Å². The maximum Gasteiger partial charge on any atom is -0.0167 e. The van der Waals surface area contributed by atoms with Crippen molar-refractivity contribution in [1.29, 1.82) is 0 Å². The van der Waals surface area contributed by atoms with E-state index < -0.39 is 0 Å². The Bertz CT molecular complexity index is 430. The van der Waals surface area contributed by atoms with Gasteiger partial charge in [0, 0.05) is 0 Å². The van der Waals surface area contributed by atoms with Gasteiger partial charge in [0.1, 0.15) is 0 Å². The third-order valence-corrected chi connectivity index (χ3v) is 4.42. The van der Waals surface area contributed by atoms with Crippen LogP contribution in [0.5, 0.6) is 0 Å². The van der Waals surface area contributed by atoms with Gasteiger partial charge in [-0.25, -0.2) is 0 Å². The highest BCUT2D eigenvalue weighted by Crippen LogP contribution is 2.38. The molecule has 0 amide bonds. The molecule has 0 aromatic rings. The van der Waals surface area contributed by atoms with E-state index in [9.17, 15) is 0 Å². The van der Waals surface area contributed by atoms with Crippen molar-refractivity contribution in [1.82, 2.24) is 0 Å². The van der Waals surface area contributed by atoms with Crippen molar-refractivity contribution in [3.8, 4) is 0 Å². The first-order chi connectivity index (χ1) is 11.3. The highest BCUT2D eigenvalue weighted by Gasteiger charge is 2.25. The van der Waals surface area contributed by atoms with Crippen molar-refractivity contribution in [2.24, 2.45) is 21.7 Å². The average molecular weight is 429 g/mol. The summed E-state index contributed by atoms with van der Waals surface area (Å²) in [7, 11) is 0. The quantitative estimate of drug-likeness (QED) is 0.353. The SMILES string of the molecule is C.C.C.C.C=C(CC)CC(C)(C)CC(C)(C)C.CCC(C)=CC(C)(C)CC(C)(C)C. The fraction of sp³-hybridized carbons (Fsp3) is 0.867. The van der Waals surface area contributed by atoms with Crippen molar-refractivity contribution in [2.75, 3.05) is 0 Å². The Morgan fingerprint density at radius 3 is 1.30 bits per heavy atom. The molecule has 0 atom stereocenters. The summed E-state index contributed by atoms with van der Waals surface area (Å²) in [4.78, 5) is 0. The molecule has 0 heteroatoms. The van der Waals surface area contributed by atoms with Gasteiger partial charge in [0.2, 0.25) is 0 Å². The average Bonchev–Trinajstić information content (AvgIpc) is 2.31. The van der Waals surface area contributed by atoms with E-state index in [0.29, 0.717) is 21.7 Å². The Kier molecular flexibility index (Phi) is 24.7. The van der Waals surface area contributed by atoms with Crippen LogP contribution in [-0.4, -0.2) is 0 Å². The second-order valence-corrected chi connectivity index (χ2v) is 12.3. The first-order valence-electron chi connectivity index (χ1n) is 10.7. The molecule has 30 heavy (non-hydrogen) atoms. The topological polar surface area (TPSA) is 0 Å². The van der Waals surface area contributed by atoms with Crippen LogP contribution in [0.2, 0.25) is 0 Å². The smallest absolute Gasteiger partial charge is 0.0167 e. The van der Waals surface area contributed by atoms with Crippen LogP contribution in [0, 0.1) is 21.7 Å². The standard InChI is InChI=1S/2C13H26.4CH4/c2*1-8-11(2)9-13(6,7)10-12(3,4)5;;;;/h9H,8,10H2,1-7H3;2,8-10H2,1,3-7H3;4*1H4. The fourth-order valence-electron chi connectivity index (χ4n) is 4.49. The minimum Gasteiger partial charge on any atom is -0.0999 e. The second kappa shape index (κ2) is 17.1. The van der Waals surface area contributed by atoms with E-state index >= 15 is 0 Å². The van der Waals surface area contributed by atoms with Gasteiger partial charge in [0.25, 0.3) is 0 Å². The summed E-state index contributed by atoms with van der Waals surface area (Å²) in [6, 6.07) is 0. The maximum atomic E-state index is 4.09. The molecule has 0 radical (unpaired) electrons. The van der Waals surface area contributed by atoms with E-state index in [-0.39, 0.29) is 29.7 Å². The molecule has 0 heterocycles. The molecule has 0 saturated carbocycles. The van der Waals surface area contributed by atoms with Gasteiger partial charge in [0.05, 0.1) is 0 Å². The summed E-state index contributed by atoms with van der Waals surface area (Å²) >= 11 is 0. The van der Waals surface area contributed by atoms with Crippen LogP contribution in [0.15, 0.2) is 23.8 Å². The molecule has 0 unspecified atom stereocenters. The van der Waals surface area contributed by atoms with Gasteiger partial charge in [-0.15, -0.1) is 0 Å². The predicted molar refractivity (Wildman–Crippen MR) is 151 cm³/mol. The van der Waals surface area contributed by atoms with Crippen LogP contribution in [0.4, 0.5) is 0 Å². The summed E-state index contributed by atoms with van der Waals surface area (Å²) in [6.07, 6.45) is 8.40. The summed E-state index contributed by atoms with van der Waals surface area (Å²) < 4.78 is 0. The zero-order chi connectivity index (χ0) is 21.4. The van der Waals surface area contributed by atoms with E-state index in [4.69, 9.17) is 0 Å². The highest BCUT2D eigenvalue weighted by molar-refractivity contribution is 5.05. The Hall–Kier alpha value is -0.520. The third-order valence-electron chi connectivity index (χ3n) is 4.42. The zero-order valence-electron chi connectivity index (χ0n) is 20.8. The van der Waals surface area contributed by atoms with Crippen LogP contribution >= 0.6 is 0 Å². The molecule has 0 fully saturated rings. The fourth-order valence-corrected chi connectivity index (χ4v) is 4.49. The molecule has 0 aromatic carbocycles. The lowest BCUT2D eigenvalue weighted by atomic mass is 9.73. The van der Waals surface area contributed by atoms with Crippen molar-refractivity contribution in [2.45, 2.75) is 152 Å². The number of hydrogen-bond donors (Lipinski definition) is 0. The van der Waals surface area contributed by atoms with Crippen LogP contribution in [0.3, 0.4) is 0 Å². The van der Waals surface area contributed by atoms with Crippen LogP contribution in [0.1, 0.15) is 152 Å². The van der Waals surface area contributed by atoms with Gasteiger partial charge in [-0.2, -0.15) is 0 Å². The Morgan fingerprint density at radius 2 is 1.03 bits per heavy atom. The maximum absolute atomic E-state index is 4.09. The van der Waals surface area contributed by atoms with Crippen LogP contribution in [0.25, 0.3) is 0 Å². The lowest BCUT2D eigenvalue weighted by Gasteiger charge is -2.33. The van der Waals surface area contributed by atoms with E-state index in [1.165, 1.54) is 36.8 Å². The largest absolute Gasteiger partial charge is 0.0999 e. The van der Waals surface area contributed by atoms with Crippen LogP contribution < -0.4 is 0 Å². The highest BCUT2D eigenvalue weighted by atomic mass is 14.3. The molecule has 0 aliphatic carbocycles. The van der Waals surface area contributed by atoms with Gasteiger partial charge in [0.15, 0.2) is 0 Å². The van der Waals surface area contributed by atoms with E-state index in [0.717, 1.165) is 6.42 Å². The minimum atomic E-state index is 0. The van der Waals surface area contributed by atoms with Crippen molar-refractivity contribution in [3.05, 3.63) is 23.8 Å². The number of allylic oxidation sites excluding steroid dienone is 3. The molecule has 0 saturated heterocycles. The van der Waals surface area contributed by atoms with Gasteiger partial charge in [-0.3, -0.25) is 0 Å². The monoisotopic (exact) mass is 429 g/mol. The van der Waals surface area contributed by atoms with Crippen molar-refractivity contribution in [3.63, 3.8) is 0 Å². The van der Waals surface area contributed by atoms with E-state index in [1.807, 2.05) is 0 Å². The zero-order valence-corrected chi connectivity index (χ0v) is 20.8. The van der Waals surface area contributed by atoms with Gasteiger partial charge in [-0.1, -0.05) is 137 Å². The second-order valence-electron chi connectivity index (χ2n) is 12.3. The molecule has 0 bridgehead atoms. The summed E-state index contributed by atoms with van der Waals surface area (Å²) in [5, 5.41) is 0. The first-order valence-corrected chi connectivity index (χ1v) is 10.7. The van der Waals surface area contributed by atoms with Crippen molar-refractivity contribution < 1.29 is 0 Å². The first kappa shape index (κ1) is 43.4. The predicted octanol–water partition coefficient (Wildman–Crippen LogP) is 12.2.